The van der Waals surface area contributed by atoms with Crippen molar-refractivity contribution in [2.75, 3.05) is 46.5 Å². The van der Waals surface area contributed by atoms with Gasteiger partial charge in [-0.15, -0.1) is 24.0 Å². The van der Waals surface area contributed by atoms with Crippen LogP contribution in [0.25, 0.3) is 0 Å². The Morgan fingerprint density at radius 3 is 3.00 bits per heavy atom. The molecule has 3 heterocycles. The first kappa shape index (κ1) is 21.4. The van der Waals surface area contributed by atoms with Gasteiger partial charge in [0.15, 0.2) is 5.96 Å². The summed E-state index contributed by atoms with van der Waals surface area (Å²) >= 11 is 0. The summed E-state index contributed by atoms with van der Waals surface area (Å²) in [6.07, 6.45) is 9.54. The van der Waals surface area contributed by atoms with Crippen LogP contribution >= 0.6 is 24.0 Å². The Kier molecular flexibility index (Phi) is 9.13. The highest BCUT2D eigenvalue weighted by Crippen LogP contribution is 2.27. The number of rotatable bonds is 6. The molecule has 0 radical (unpaired) electrons. The average Bonchev–Trinajstić information content (AvgIpc) is 3.32. The maximum atomic E-state index is 5.72. The third kappa shape index (κ3) is 5.82. The van der Waals surface area contributed by atoms with Gasteiger partial charge in [0.05, 0.1) is 31.7 Å². The number of imidazole rings is 1. The maximum absolute atomic E-state index is 5.72. The molecule has 3 unspecified atom stereocenters. The zero-order valence-electron chi connectivity index (χ0n) is 15.8. The number of aliphatic imine (C=N–C) groups is 1. The number of nitrogens with one attached hydrogen (secondary N) is 1. The maximum Gasteiger partial charge on any atom is 0.193 e. The summed E-state index contributed by atoms with van der Waals surface area (Å²) in [5.41, 5.74) is 0. The molecule has 0 bridgehead atoms. The van der Waals surface area contributed by atoms with Gasteiger partial charge in [-0.1, -0.05) is 6.92 Å². The second-order valence-electron chi connectivity index (χ2n) is 6.97. The predicted octanol–water partition coefficient (Wildman–Crippen LogP) is 2.15. The minimum Gasteiger partial charge on any atom is -0.377 e. The van der Waals surface area contributed by atoms with Gasteiger partial charge in [-0.25, -0.2) is 4.98 Å². The lowest BCUT2D eigenvalue weighted by molar-refractivity contribution is 0.0189. The number of aromatic nitrogens is 2. The van der Waals surface area contributed by atoms with Crippen molar-refractivity contribution in [3.8, 4) is 0 Å². The van der Waals surface area contributed by atoms with E-state index in [1.54, 1.807) is 0 Å². The number of piperidine rings is 1. The van der Waals surface area contributed by atoms with Crippen LogP contribution < -0.4 is 5.32 Å². The van der Waals surface area contributed by atoms with Gasteiger partial charge in [0.2, 0.25) is 0 Å². The summed E-state index contributed by atoms with van der Waals surface area (Å²) in [5.74, 6) is 1.59. The van der Waals surface area contributed by atoms with Crippen LogP contribution in [0.2, 0.25) is 0 Å². The number of likely N-dealkylation sites (tertiary alicyclic amines) is 1. The molecule has 2 aliphatic rings. The van der Waals surface area contributed by atoms with E-state index in [0.29, 0.717) is 31.3 Å². The Bertz CT molecular complexity index is 534. The van der Waals surface area contributed by atoms with Crippen LogP contribution in [-0.2, 0) is 9.47 Å². The van der Waals surface area contributed by atoms with E-state index < -0.39 is 0 Å². The van der Waals surface area contributed by atoms with Crippen LogP contribution in [-0.4, -0.2) is 73.0 Å². The highest BCUT2D eigenvalue weighted by molar-refractivity contribution is 14.0. The third-order valence-corrected chi connectivity index (χ3v) is 5.20. The number of guanidine groups is 1. The first-order chi connectivity index (χ1) is 12.3. The lowest BCUT2D eigenvalue weighted by Crippen LogP contribution is -2.49. The van der Waals surface area contributed by atoms with Crippen molar-refractivity contribution < 1.29 is 9.47 Å². The van der Waals surface area contributed by atoms with Gasteiger partial charge in [0.1, 0.15) is 0 Å². The molecule has 3 rings (SSSR count). The molecule has 2 fully saturated rings. The van der Waals surface area contributed by atoms with E-state index in [2.05, 4.69) is 37.9 Å². The Balaban J connectivity index is 0.00000243. The van der Waals surface area contributed by atoms with Gasteiger partial charge in [-0.3, -0.25) is 4.99 Å². The first-order valence-corrected chi connectivity index (χ1v) is 9.40. The molecular weight excluding hydrogens is 445 g/mol. The fourth-order valence-electron chi connectivity index (χ4n) is 3.65. The fraction of sp³-hybridized carbons (Fsp3) is 0.778. The molecule has 26 heavy (non-hydrogen) atoms. The summed E-state index contributed by atoms with van der Waals surface area (Å²) in [4.78, 5) is 11.0. The molecule has 8 heteroatoms. The second-order valence-corrected chi connectivity index (χ2v) is 6.97. The number of halogens is 1. The highest BCUT2D eigenvalue weighted by atomic mass is 127. The van der Waals surface area contributed by atoms with E-state index in [1.807, 2.05) is 19.6 Å². The summed E-state index contributed by atoms with van der Waals surface area (Å²) in [6, 6.07) is 0.436. The van der Waals surface area contributed by atoms with Gasteiger partial charge in [-0.2, -0.15) is 0 Å². The van der Waals surface area contributed by atoms with Crippen molar-refractivity contribution >= 4 is 29.9 Å². The average molecular weight is 477 g/mol. The van der Waals surface area contributed by atoms with Crippen LogP contribution in [0.15, 0.2) is 23.7 Å². The lowest BCUT2D eigenvalue weighted by Gasteiger charge is -2.39. The van der Waals surface area contributed by atoms with Gasteiger partial charge >= 0.3 is 0 Å². The predicted molar refractivity (Wildman–Crippen MR) is 113 cm³/mol. The molecule has 1 aromatic heterocycles. The zero-order chi connectivity index (χ0) is 17.5. The normalized spacial score (nSPS) is 26.6. The van der Waals surface area contributed by atoms with Crippen LogP contribution in [0.1, 0.15) is 32.2 Å². The van der Waals surface area contributed by atoms with Crippen LogP contribution in [0.3, 0.4) is 0 Å². The van der Waals surface area contributed by atoms with Gasteiger partial charge in [-0.05, 0) is 25.2 Å². The van der Waals surface area contributed by atoms with Gasteiger partial charge < -0.3 is 24.3 Å². The lowest BCUT2D eigenvalue weighted by atomic mass is 9.93. The summed E-state index contributed by atoms with van der Waals surface area (Å²) in [7, 11) is 1.85. The summed E-state index contributed by atoms with van der Waals surface area (Å²) in [5, 5.41) is 3.43. The first-order valence-electron chi connectivity index (χ1n) is 9.40. The van der Waals surface area contributed by atoms with Crippen molar-refractivity contribution in [2.24, 2.45) is 10.9 Å². The molecule has 148 valence electrons. The Hall–Kier alpha value is -0.870. The van der Waals surface area contributed by atoms with Gasteiger partial charge in [0, 0.05) is 45.7 Å². The van der Waals surface area contributed by atoms with E-state index >= 15 is 0 Å². The molecule has 1 aromatic rings. The molecule has 0 aliphatic carbocycles. The smallest absolute Gasteiger partial charge is 0.193 e. The molecular formula is C18H32IN5O2. The Labute approximate surface area is 173 Å². The zero-order valence-corrected chi connectivity index (χ0v) is 18.2. The number of nitrogens with zero attached hydrogens (tertiary/aromatic N) is 4. The summed E-state index contributed by atoms with van der Waals surface area (Å²) in [6.45, 7) is 7.32. The van der Waals surface area contributed by atoms with Crippen molar-refractivity contribution in [3.05, 3.63) is 18.7 Å². The fourth-order valence-corrected chi connectivity index (χ4v) is 3.65. The topological polar surface area (TPSA) is 63.9 Å². The highest BCUT2D eigenvalue weighted by Gasteiger charge is 2.28. The van der Waals surface area contributed by atoms with E-state index in [1.165, 1.54) is 0 Å². The minimum atomic E-state index is 0. The quantitative estimate of drug-likeness (QED) is 0.295. The largest absolute Gasteiger partial charge is 0.377 e. The molecule has 3 atom stereocenters. The van der Waals surface area contributed by atoms with Crippen molar-refractivity contribution in [3.63, 3.8) is 0 Å². The van der Waals surface area contributed by atoms with E-state index in [4.69, 9.17) is 9.47 Å². The third-order valence-electron chi connectivity index (χ3n) is 5.20. The second kappa shape index (κ2) is 11.1. The van der Waals surface area contributed by atoms with E-state index in [-0.39, 0.29) is 24.0 Å². The van der Waals surface area contributed by atoms with E-state index in [0.717, 1.165) is 51.5 Å². The van der Waals surface area contributed by atoms with Crippen molar-refractivity contribution in [1.82, 2.24) is 19.8 Å². The van der Waals surface area contributed by atoms with E-state index in [9.17, 15) is 0 Å². The van der Waals surface area contributed by atoms with Gasteiger partial charge in [0.25, 0.3) is 0 Å². The monoisotopic (exact) mass is 477 g/mol. The minimum absolute atomic E-state index is 0. The number of ether oxygens (including phenoxy) is 2. The molecule has 0 spiro atoms. The van der Waals surface area contributed by atoms with Crippen LogP contribution in [0.5, 0.6) is 0 Å². The summed E-state index contributed by atoms with van der Waals surface area (Å²) < 4.78 is 13.5. The Morgan fingerprint density at radius 2 is 2.31 bits per heavy atom. The standard InChI is InChI=1S/C18H31N5O2.HI/c1-15-5-8-22(12-17(15)23-9-6-20-14-23)18(19-2)21-7-11-24-13-16-4-3-10-25-16;/h6,9,14-17H,3-5,7-8,10-13H2,1-2H3,(H,19,21);1H. The Morgan fingerprint density at radius 1 is 1.42 bits per heavy atom. The van der Waals surface area contributed by atoms with Crippen LogP contribution in [0, 0.1) is 5.92 Å². The molecule has 1 N–H and O–H groups in total. The SMILES string of the molecule is CN=C(NCCOCC1CCCO1)N1CCC(C)C(n2ccnc2)C1.I. The number of hydrogen-bond acceptors (Lipinski definition) is 4. The molecule has 2 saturated heterocycles. The van der Waals surface area contributed by atoms with Crippen molar-refractivity contribution in [2.45, 2.75) is 38.3 Å². The molecule has 7 nitrogen and oxygen atoms in total. The molecule has 0 saturated carbocycles. The van der Waals surface area contributed by atoms with Crippen molar-refractivity contribution in [1.29, 1.82) is 0 Å². The molecule has 0 amide bonds. The molecule has 0 aromatic carbocycles. The van der Waals surface area contributed by atoms with Crippen LogP contribution in [0.4, 0.5) is 0 Å². The number of hydrogen-bond donors (Lipinski definition) is 1. The molecule has 2 aliphatic heterocycles.